The van der Waals surface area contributed by atoms with Gasteiger partial charge in [-0.1, -0.05) is 48.5 Å². The molecule has 0 fully saturated rings. The van der Waals surface area contributed by atoms with Gasteiger partial charge in [0.1, 0.15) is 0 Å². The minimum atomic E-state index is 0.104. The van der Waals surface area contributed by atoms with Crippen molar-refractivity contribution in [3.63, 3.8) is 0 Å². The molecule has 0 bridgehead atoms. The molecule has 4 atom stereocenters. The Morgan fingerprint density at radius 2 is 1.16 bits per heavy atom. The molecule has 0 unspecified atom stereocenters. The fraction of sp³-hybridized carbons (Fsp3) is 0.429. The van der Waals surface area contributed by atoms with E-state index < -0.39 is 0 Å². The van der Waals surface area contributed by atoms with E-state index in [2.05, 4.69) is 59.2 Å². The molecule has 0 saturated carbocycles. The molecule has 4 heteroatoms. The van der Waals surface area contributed by atoms with Crippen molar-refractivity contribution < 1.29 is 10.2 Å². The van der Waals surface area contributed by atoms with Crippen LogP contribution in [0.15, 0.2) is 48.5 Å². The Bertz CT molecular complexity index is 672. The van der Waals surface area contributed by atoms with E-state index in [4.69, 9.17) is 0 Å². The Morgan fingerprint density at radius 3 is 1.60 bits per heavy atom. The van der Waals surface area contributed by atoms with Gasteiger partial charge in [-0.2, -0.15) is 0 Å². The van der Waals surface area contributed by atoms with Gasteiger partial charge in [0, 0.05) is 24.2 Å². The molecule has 0 spiro atoms. The van der Waals surface area contributed by atoms with E-state index in [1.165, 1.54) is 22.3 Å². The van der Waals surface area contributed by atoms with Crippen LogP contribution in [-0.2, 0) is 12.8 Å². The van der Waals surface area contributed by atoms with Crippen LogP contribution in [0.2, 0.25) is 0 Å². The molecule has 4 nitrogen and oxygen atoms in total. The molecule has 2 aromatic rings. The highest BCUT2D eigenvalue weighted by Gasteiger charge is 2.31. The topological polar surface area (TPSA) is 64.5 Å². The van der Waals surface area contributed by atoms with Crippen LogP contribution in [0, 0.1) is 0 Å². The predicted octanol–water partition coefficient (Wildman–Crippen LogP) is 1.87. The first kappa shape index (κ1) is 16.7. The summed E-state index contributed by atoms with van der Waals surface area (Å²) in [6.07, 6.45) is 2.65. The number of aliphatic hydroxyl groups excluding tert-OH is 2. The van der Waals surface area contributed by atoms with E-state index >= 15 is 0 Å². The monoisotopic (exact) mass is 338 g/mol. The third kappa shape index (κ3) is 3.35. The average molecular weight is 338 g/mol. The van der Waals surface area contributed by atoms with Gasteiger partial charge in [0.05, 0.1) is 13.2 Å². The Hall–Kier alpha value is -1.72. The molecule has 2 aliphatic rings. The van der Waals surface area contributed by atoms with Gasteiger partial charge in [0.15, 0.2) is 0 Å². The molecule has 0 aliphatic carbocycles. The van der Waals surface area contributed by atoms with Gasteiger partial charge in [0.25, 0.3) is 0 Å². The van der Waals surface area contributed by atoms with Crippen molar-refractivity contribution in [1.82, 2.24) is 10.6 Å². The van der Waals surface area contributed by atoms with Crippen LogP contribution >= 0.6 is 0 Å². The summed E-state index contributed by atoms with van der Waals surface area (Å²) in [6.45, 7) is 0.303. The lowest BCUT2D eigenvalue weighted by atomic mass is 9.83. The van der Waals surface area contributed by atoms with E-state index in [1.807, 2.05) is 0 Å². The molecule has 0 radical (unpaired) electrons. The number of hydrogen-bond donors (Lipinski definition) is 4. The molecule has 2 aromatic carbocycles. The number of aliphatic hydroxyl groups is 2. The zero-order chi connectivity index (χ0) is 17.2. The predicted molar refractivity (Wildman–Crippen MR) is 98.4 cm³/mol. The highest BCUT2D eigenvalue weighted by molar-refractivity contribution is 5.36. The van der Waals surface area contributed by atoms with E-state index in [9.17, 15) is 10.2 Å². The van der Waals surface area contributed by atoms with Crippen LogP contribution < -0.4 is 10.6 Å². The Morgan fingerprint density at radius 1 is 0.720 bits per heavy atom. The van der Waals surface area contributed by atoms with Crippen LogP contribution in [0.25, 0.3) is 0 Å². The highest BCUT2D eigenvalue weighted by atomic mass is 16.3. The minimum absolute atomic E-state index is 0.104. The molecule has 2 aliphatic heterocycles. The first-order chi connectivity index (χ1) is 12.3. The second-order valence-corrected chi connectivity index (χ2v) is 7.24. The van der Waals surface area contributed by atoms with Crippen molar-refractivity contribution >= 4 is 0 Å². The van der Waals surface area contributed by atoms with Gasteiger partial charge >= 0.3 is 0 Å². The van der Waals surface area contributed by atoms with Crippen molar-refractivity contribution in [1.29, 1.82) is 0 Å². The molecular formula is C21H26N2O2. The highest BCUT2D eigenvalue weighted by Crippen LogP contribution is 2.35. The largest absolute Gasteiger partial charge is 0.395 e. The maximum absolute atomic E-state index is 9.67. The molecule has 0 aromatic heterocycles. The standard InChI is InChI=1S/C21H26N2O2/c24-12-16-9-14-5-1-3-7-18(14)20(22-16)11-21-19-8-4-2-6-15(19)10-17(13-25)23-21/h1-8,16-17,20-25H,9-13H2/t16-,17-,20+,21+/m0/s1. The third-order valence-corrected chi connectivity index (χ3v) is 5.58. The molecule has 2 heterocycles. The Labute approximate surface area is 148 Å². The van der Waals surface area contributed by atoms with Crippen LogP contribution in [0.5, 0.6) is 0 Å². The van der Waals surface area contributed by atoms with Crippen LogP contribution in [0.4, 0.5) is 0 Å². The average Bonchev–Trinajstić information content (AvgIpc) is 2.67. The molecule has 132 valence electrons. The van der Waals surface area contributed by atoms with Gasteiger partial charge < -0.3 is 20.8 Å². The molecule has 0 amide bonds. The first-order valence-corrected chi connectivity index (χ1v) is 9.18. The first-order valence-electron chi connectivity index (χ1n) is 9.18. The van der Waals surface area contributed by atoms with Crippen molar-refractivity contribution in [2.45, 2.75) is 43.4 Å². The van der Waals surface area contributed by atoms with Crippen LogP contribution in [0.1, 0.15) is 40.8 Å². The Balaban J connectivity index is 1.63. The second-order valence-electron chi connectivity index (χ2n) is 7.24. The SMILES string of the molecule is OC[C@@H]1Cc2ccccc2[C@@H](C[C@H]2N[C@H](CO)Cc3ccccc32)N1. The van der Waals surface area contributed by atoms with Gasteiger partial charge in [-0.15, -0.1) is 0 Å². The van der Waals surface area contributed by atoms with Crippen molar-refractivity contribution in [3.8, 4) is 0 Å². The van der Waals surface area contributed by atoms with Crippen LogP contribution in [0.3, 0.4) is 0 Å². The summed E-state index contributed by atoms with van der Waals surface area (Å²) >= 11 is 0. The summed E-state index contributed by atoms with van der Waals surface area (Å²) < 4.78 is 0. The molecule has 0 saturated heterocycles. The fourth-order valence-electron chi connectivity index (χ4n) is 4.38. The zero-order valence-corrected chi connectivity index (χ0v) is 14.4. The van der Waals surface area contributed by atoms with Crippen molar-refractivity contribution in [2.24, 2.45) is 0 Å². The van der Waals surface area contributed by atoms with Gasteiger partial charge in [-0.3, -0.25) is 0 Å². The number of hydrogen-bond acceptors (Lipinski definition) is 4. The smallest absolute Gasteiger partial charge is 0.0588 e. The Kier molecular flexibility index (Phi) is 4.86. The van der Waals surface area contributed by atoms with E-state index in [1.54, 1.807) is 0 Å². The minimum Gasteiger partial charge on any atom is -0.395 e. The fourth-order valence-corrected chi connectivity index (χ4v) is 4.38. The number of benzene rings is 2. The van der Waals surface area contributed by atoms with Gasteiger partial charge in [0.2, 0.25) is 0 Å². The van der Waals surface area contributed by atoms with Crippen molar-refractivity contribution in [3.05, 3.63) is 70.8 Å². The normalized spacial score (nSPS) is 28.2. The maximum atomic E-state index is 9.67. The summed E-state index contributed by atoms with van der Waals surface area (Å²) in [5, 5.41) is 26.6. The quantitative estimate of drug-likeness (QED) is 0.687. The lowest BCUT2D eigenvalue weighted by Gasteiger charge is -2.38. The van der Waals surface area contributed by atoms with E-state index in [-0.39, 0.29) is 37.4 Å². The molecule has 4 rings (SSSR count). The van der Waals surface area contributed by atoms with E-state index in [0.717, 1.165) is 19.3 Å². The number of rotatable bonds is 4. The van der Waals surface area contributed by atoms with Gasteiger partial charge in [-0.05, 0) is 41.5 Å². The summed E-state index contributed by atoms with van der Waals surface area (Å²) in [5.74, 6) is 0. The summed E-state index contributed by atoms with van der Waals surface area (Å²) in [6, 6.07) is 17.7. The van der Waals surface area contributed by atoms with Gasteiger partial charge in [-0.25, -0.2) is 0 Å². The zero-order valence-electron chi connectivity index (χ0n) is 14.4. The lowest BCUT2D eigenvalue weighted by molar-refractivity contribution is 0.199. The second kappa shape index (κ2) is 7.26. The van der Waals surface area contributed by atoms with Crippen LogP contribution in [-0.4, -0.2) is 35.5 Å². The number of nitrogens with one attached hydrogen (secondary N) is 2. The third-order valence-electron chi connectivity index (χ3n) is 5.58. The molecular weight excluding hydrogens is 312 g/mol. The molecule has 4 N–H and O–H groups in total. The summed E-state index contributed by atoms with van der Waals surface area (Å²) in [7, 11) is 0. The van der Waals surface area contributed by atoms with Crippen molar-refractivity contribution in [2.75, 3.05) is 13.2 Å². The molecule has 25 heavy (non-hydrogen) atoms. The summed E-state index contributed by atoms with van der Waals surface area (Å²) in [4.78, 5) is 0. The van der Waals surface area contributed by atoms with E-state index in [0.29, 0.717) is 0 Å². The number of fused-ring (bicyclic) bond motifs is 2. The summed E-state index contributed by atoms with van der Waals surface area (Å²) in [5.41, 5.74) is 5.32. The lowest BCUT2D eigenvalue weighted by Crippen LogP contribution is -2.46. The maximum Gasteiger partial charge on any atom is 0.0588 e.